The average Bonchev–Trinajstić information content (AvgIpc) is 3.47. The molecule has 0 atom stereocenters. The molecule has 24 heavy (non-hydrogen) atoms. The lowest BCUT2D eigenvalue weighted by Crippen LogP contribution is -2.28. The van der Waals surface area contributed by atoms with Crippen LogP contribution in [0.4, 0.5) is 0 Å². The normalized spacial score (nSPS) is 18.3. The van der Waals surface area contributed by atoms with Crippen molar-refractivity contribution < 1.29 is 8.42 Å². The van der Waals surface area contributed by atoms with Crippen LogP contribution in [0.3, 0.4) is 0 Å². The maximum Gasteiger partial charge on any atom is 0.243 e. The van der Waals surface area contributed by atoms with E-state index in [1.165, 1.54) is 17.1 Å². The number of hydrogen-bond acceptors (Lipinski definition) is 4. The molecule has 2 saturated carbocycles. The summed E-state index contributed by atoms with van der Waals surface area (Å²) in [6.45, 7) is 2.20. The lowest BCUT2D eigenvalue weighted by atomic mass is 10.2. The van der Waals surface area contributed by atoms with E-state index in [9.17, 15) is 8.42 Å². The van der Waals surface area contributed by atoms with E-state index < -0.39 is 10.0 Å². The van der Waals surface area contributed by atoms with Crippen LogP contribution in [0.25, 0.3) is 0 Å². The van der Waals surface area contributed by atoms with Gasteiger partial charge in [0.1, 0.15) is 11.6 Å². The second kappa shape index (κ2) is 5.67. The Morgan fingerprint density at radius 2 is 1.79 bits per heavy atom. The van der Waals surface area contributed by atoms with Crippen LogP contribution in [0.1, 0.15) is 54.9 Å². The first-order chi connectivity index (χ1) is 11.5. The van der Waals surface area contributed by atoms with E-state index in [4.69, 9.17) is 0 Å². The summed E-state index contributed by atoms with van der Waals surface area (Å²) in [5, 5.41) is 8.66. The van der Waals surface area contributed by atoms with Crippen molar-refractivity contribution in [2.75, 3.05) is 7.05 Å². The monoisotopic (exact) mass is 346 g/mol. The van der Waals surface area contributed by atoms with E-state index in [1.54, 1.807) is 19.2 Å². The molecule has 1 aromatic carbocycles. The number of hydrogen-bond donors (Lipinski definition) is 0. The Labute approximate surface area is 142 Å². The van der Waals surface area contributed by atoms with Crippen LogP contribution in [0, 0.1) is 6.92 Å². The summed E-state index contributed by atoms with van der Waals surface area (Å²) >= 11 is 0. The zero-order valence-corrected chi connectivity index (χ0v) is 14.8. The van der Waals surface area contributed by atoms with Gasteiger partial charge in [-0.25, -0.2) is 8.42 Å². The highest BCUT2D eigenvalue weighted by atomic mass is 32.2. The Balaban J connectivity index is 1.60. The fraction of sp³-hybridized carbons (Fsp3) is 0.529. The van der Waals surface area contributed by atoms with Crippen LogP contribution in [0.2, 0.25) is 0 Å². The third-order valence-corrected chi connectivity index (χ3v) is 6.56. The highest BCUT2D eigenvalue weighted by molar-refractivity contribution is 7.89. The van der Waals surface area contributed by atoms with Crippen LogP contribution in [-0.2, 0) is 16.6 Å². The highest BCUT2D eigenvalue weighted by Gasteiger charge is 2.37. The zero-order chi connectivity index (χ0) is 16.9. The molecule has 128 valence electrons. The Morgan fingerprint density at radius 1 is 1.12 bits per heavy atom. The average molecular weight is 346 g/mol. The number of nitrogens with zero attached hydrogens (tertiary/aromatic N) is 4. The Hall–Kier alpha value is -1.73. The molecule has 2 aliphatic carbocycles. The molecule has 6 nitrogen and oxygen atoms in total. The summed E-state index contributed by atoms with van der Waals surface area (Å²) in [6.07, 6.45) is 4.61. The van der Waals surface area contributed by atoms with Crippen molar-refractivity contribution in [2.45, 2.75) is 56.0 Å². The predicted molar refractivity (Wildman–Crippen MR) is 90.1 cm³/mol. The first-order valence-corrected chi connectivity index (χ1v) is 9.87. The van der Waals surface area contributed by atoms with E-state index in [-0.39, 0.29) is 6.54 Å². The van der Waals surface area contributed by atoms with Gasteiger partial charge in [0.05, 0.1) is 11.4 Å². The fourth-order valence-electron chi connectivity index (χ4n) is 2.97. The molecule has 0 aliphatic heterocycles. The minimum Gasteiger partial charge on any atom is -0.311 e. The molecule has 0 saturated heterocycles. The first-order valence-electron chi connectivity index (χ1n) is 8.43. The van der Waals surface area contributed by atoms with Crippen LogP contribution in [0.15, 0.2) is 29.2 Å². The van der Waals surface area contributed by atoms with Gasteiger partial charge in [-0.2, -0.15) is 4.31 Å². The Morgan fingerprint density at radius 3 is 2.38 bits per heavy atom. The van der Waals surface area contributed by atoms with Crippen LogP contribution in [0.5, 0.6) is 0 Å². The summed E-state index contributed by atoms with van der Waals surface area (Å²) in [4.78, 5) is 0.315. The summed E-state index contributed by atoms with van der Waals surface area (Å²) in [7, 11) is -1.91. The standard InChI is InChI=1S/C17H22N4O2S/c1-12-3-9-15(10-4-12)24(22,23)20(2)11-16-18-19-17(13-5-6-13)21(16)14-7-8-14/h3-4,9-10,13-14H,5-8,11H2,1-2H3. The third kappa shape index (κ3) is 2.86. The number of aromatic nitrogens is 3. The minimum absolute atomic E-state index is 0.256. The SMILES string of the molecule is Cc1ccc(S(=O)(=O)N(C)Cc2nnc(C3CC3)n2C2CC2)cc1. The number of aryl methyl sites for hydroxylation is 1. The summed E-state index contributed by atoms with van der Waals surface area (Å²) in [5.74, 6) is 2.33. The lowest BCUT2D eigenvalue weighted by Gasteiger charge is -2.18. The molecule has 2 aromatic rings. The summed E-state index contributed by atoms with van der Waals surface area (Å²) in [6, 6.07) is 7.41. The molecule has 0 N–H and O–H groups in total. The fourth-order valence-corrected chi connectivity index (χ4v) is 4.10. The van der Waals surface area contributed by atoms with Gasteiger partial charge < -0.3 is 4.57 Å². The highest BCUT2D eigenvalue weighted by Crippen LogP contribution is 2.44. The quantitative estimate of drug-likeness (QED) is 0.806. The minimum atomic E-state index is -3.52. The van der Waals surface area contributed by atoms with Crippen LogP contribution in [-0.4, -0.2) is 34.5 Å². The van der Waals surface area contributed by atoms with Gasteiger partial charge in [0.25, 0.3) is 0 Å². The number of rotatable bonds is 6. The smallest absolute Gasteiger partial charge is 0.243 e. The van der Waals surface area contributed by atoms with Crippen LogP contribution < -0.4 is 0 Å². The molecule has 7 heteroatoms. The second-order valence-corrected chi connectivity index (χ2v) is 8.97. The first kappa shape index (κ1) is 15.8. The van der Waals surface area contributed by atoms with Gasteiger partial charge in [-0.1, -0.05) is 17.7 Å². The van der Waals surface area contributed by atoms with Crippen molar-refractivity contribution in [1.82, 2.24) is 19.1 Å². The van der Waals surface area contributed by atoms with E-state index in [0.717, 1.165) is 30.1 Å². The number of benzene rings is 1. The molecule has 2 fully saturated rings. The zero-order valence-electron chi connectivity index (χ0n) is 14.0. The second-order valence-electron chi connectivity index (χ2n) is 6.92. The molecule has 0 spiro atoms. The predicted octanol–water partition coefficient (Wildman–Crippen LogP) is 2.62. The van der Waals surface area contributed by atoms with Gasteiger partial charge in [0.2, 0.25) is 10.0 Å². The number of sulfonamides is 1. The van der Waals surface area contributed by atoms with E-state index in [0.29, 0.717) is 16.9 Å². The molecule has 0 amide bonds. The molecule has 2 aliphatic rings. The van der Waals surface area contributed by atoms with E-state index >= 15 is 0 Å². The molecule has 1 heterocycles. The molecule has 0 bridgehead atoms. The molecular weight excluding hydrogens is 324 g/mol. The van der Waals surface area contributed by atoms with Gasteiger partial charge in [0.15, 0.2) is 0 Å². The largest absolute Gasteiger partial charge is 0.311 e. The van der Waals surface area contributed by atoms with E-state index in [1.807, 2.05) is 19.1 Å². The van der Waals surface area contributed by atoms with Gasteiger partial charge in [-0.05, 0) is 44.7 Å². The van der Waals surface area contributed by atoms with Gasteiger partial charge in [-0.3, -0.25) is 0 Å². The van der Waals surface area contributed by atoms with Crippen molar-refractivity contribution in [3.8, 4) is 0 Å². The van der Waals surface area contributed by atoms with E-state index in [2.05, 4.69) is 14.8 Å². The molecule has 0 radical (unpaired) electrons. The molecular formula is C17H22N4O2S. The maximum atomic E-state index is 12.8. The van der Waals surface area contributed by atoms with Gasteiger partial charge >= 0.3 is 0 Å². The Kier molecular flexibility index (Phi) is 3.73. The Bertz CT molecular complexity index is 849. The van der Waals surface area contributed by atoms with Crippen molar-refractivity contribution >= 4 is 10.0 Å². The van der Waals surface area contributed by atoms with Gasteiger partial charge in [-0.15, -0.1) is 10.2 Å². The van der Waals surface area contributed by atoms with Crippen molar-refractivity contribution in [3.63, 3.8) is 0 Å². The van der Waals surface area contributed by atoms with Gasteiger partial charge in [0, 0.05) is 19.0 Å². The molecule has 4 rings (SSSR count). The van der Waals surface area contributed by atoms with Crippen molar-refractivity contribution in [2.24, 2.45) is 0 Å². The van der Waals surface area contributed by atoms with Crippen LogP contribution >= 0.6 is 0 Å². The lowest BCUT2D eigenvalue weighted by molar-refractivity contribution is 0.444. The maximum absolute atomic E-state index is 12.8. The molecule has 0 unspecified atom stereocenters. The van der Waals surface area contributed by atoms with Crippen molar-refractivity contribution in [3.05, 3.63) is 41.5 Å². The molecule has 1 aromatic heterocycles. The summed E-state index contributed by atoms with van der Waals surface area (Å²) in [5.41, 5.74) is 1.04. The summed E-state index contributed by atoms with van der Waals surface area (Å²) < 4.78 is 29.1. The third-order valence-electron chi connectivity index (χ3n) is 4.74. The topological polar surface area (TPSA) is 68.1 Å². The van der Waals surface area contributed by atoms with Crippen molar-refractivity contribution in [1.29, 1.82) is 0 Å².